The van der Waals surface area contributed by atoms with Crippen LogP contribution in [-0.2, 0) is 13.8 Å². The molecule has 0 radical (unpaired) electrons. The number of rotatable bonds is 4. The van der Waals surface area contributed by atoms with Gasteiger partial charge in [0, 0.05) is 18.2 Å². The van der Waals surface area contributed by atoms with E-state index in [0.29, 0.717) is 12.0 Å². The van der Waals surface area contributed by atoms with Crippen molar-refractivity contribution in [3.05, 3.63) is 32.6 Å². The highest BCUT2D eigenvalue weighted by molar-refractivity contribution is 7.32. The highest BCUT2D eigenvalue weighted by Crippen LogP contribution is 2.35. The van der Waals surface area contributed by atoms with E-state index >= 15 is 0 Å². The lowest BCUT2D eigenvalue weighted by atomic mass is 10.1. The summed E-state index contributed by atoms with van der Waals surface area (Å²) in [7, 11) is -3.06. The molecule has 1 aliphatic heterocycles. The van der Waals surface area contributed by atoms with E-state index < -0.39 is 31.8 Å². The average Bonchev–Trinajstić information content (AvgIpc) is 2.75. The molecule has 112 valence electrons. The fourth-order valence-electron chi connectivity index (χ4n) is 2.29. The van der Waals surface area contributed by atoms with Gasteiger partial charge in [0.15, 0.2) is 0 Å². The Balaban J connectivity index is 2.27. The van der Waals surface area contributed by atoms with Crippen LogP contribution in [0.3, 0.4) is 0 Å². The third-order valence-corrected chi connectivity index (χ3v) is 3.80. The number of hydrogen-bond acceptors (Lipinski definition) is 5. The fourth-order valence-corrected chi connectivity index (χ4v) is 2.79. The van der Waals surface area contributed by atoms with Gasteiger partial charge in [-0.1, -0.05) is 6.92 Å². The van der Waals surface area contributed by atoms with Crippen LogP contribution < -0.4 is 11.2 Å². The zero-order valence-electron chi connectivity index (χ0n) is 11.2. The molecule has 0 saturated carbocycles. The molecule has 4 atom stereocenters. The monoisotopic (exact) mass is 304 g/mol. The molecule has 2 heterocycles. The number of aromatic amines is 1. The highest BCUT2D eigenvalue weighted by atomic mass is 31.1. The largest absolute Gasteiger partial charge is 0.352 e. The molecule has 9 heteroatoms. The van der Waals surface area contributed by atoms with Gasteiger partial charge in [-0.05, 0) is 13.3 Å². The Morgan fingerprint density at radius 2 is 2.30 bits per heavy atom. The molecular weight excluding hydrogens is 287 g/mol. The maximum absolute atomic E-state index is 11.8. The molecule has 1 aromatic heterocycles. The van der Waals surface area contributed by atoms with Gasteiger partial charge in [-0.3, -0.25) is 18.9 Å². The van der Waals surface area contributed by atoms with Crippen LogP contribution in [0.15, 0.2) is 15.8 Å². The second kappa shape index (κ2) is 6.05. The molecule has 0 bridgehead atoms. The van der Waals surface area contributed by atoms with Crippen LogP contribution in [0.4, 0.5) is 0 Å². The molecule has 2 rings (SSSR count). The molecule has 8 nitrogen and oxygen atoms in total. The summed E-state index contributed by atoms with van der Waals surface area (Å²) < 4.78 is 22.7. The van der Waals surface area contributed by atoms with Gasteiger partial charge in [0.25, 0.3) is 5.56 Å². The standard InChI is InChI=1S/C11H17N2O6P/c1-3-7-8(19-20(16)17)4-9(18-7)13-5-6(2)10(14)12-11(13)15/h5,7-9,20H,3-4H2,1-2H3,(H,16,17)(H,12,14,15)/t7-,8-,9-/m1/s1. The van der Waals surface area contributed by atoms with Crippen LogP contribution in [-0.4, -0.2) is 26.7 Å². The summed E-state index contributed by atoms with van der Waals surface area (Å²) in [4.78, 5) is 34.2. The van der Waals surface area contributed by atoms with E-state index in [2.05, 4.69) is 4.98 Å². The first-order valence-electron chi connectivity index (χ1n) is 6.29. The zero-order valence-corrected chi connectivity index (χ0v) is 12.2. The van der Waals surface area contributed by atoms with Crippen LogP contribution >= 0.6 is 8.25 Å². The Kier molecular flexibility index (Phi) is 4.59. The molecule has 1 saturated heterocycles. The number of aryl methyl sites for hydroxylation is 1. The van der Waals surface area contributed by atoms with Crippen LogP contribution in [0.25, 0.3) is 0 Å². The summed E-state index contributed by atoms with van der Waals surface area (Å²) in [6.07, 6.45) is 0.770. The van der Waals surface area contributed by atoms with Crippen molar-refractivity contribution in [2.45, 2.75) is 45.1 Å². The Bertz CT molecular complexity index is 624. The molecule has 0 aliphatic carbocycles. The Hall–Kier alpha value is -1.21. The van der Waals surface area contributed by atoms with Gasteiger partial charge in [0.2, 0.25) is 0 Å². The van der Waals surface area contributed by atoms with Crippen molar-refractivity contribution in [3.8, 4) is 0 Å². The number of aromatic nitrogens is 2. The predicted octanol–water partition coefficient (Wildman–Crippen LogP) is 0.310. The number of ether oxygens (including phenoxy) is 1. The molecule has 1 unspecified atom stereocenters. The second-order valence-corrected chi connectivity index (χ2v) is 5.44. The normalized spacial score (nSPS) is 27.6. The van der Waals surface area contributed by atoms with Crippen LogP contribution in [0.2, 0.25) is 0 Å². The molecule has 20 heavy (non-hydrogen) atoms. The summed E-state index contributed by atoms with van der Waals surface area (Å²) in [5.74, 6) is 0. The third kappa shape index (κ3) is 3.09. The van der Waals surface area contributed by atoms with E-state index in [1.807, 2.05) is 6.92 Å². The molecule has 0 spiro atoms. The summed E-state index contributed by atoms with van der Waals surface area (Å²) >= 11 is 0. The summed E-state index contributed by atoms with van der Waals surface area (Å²) in [5, 5.41) is 0. The SMILES string of the molecule is CC[C@H]1O[C@@H](n2cc(C)c(=O)[nH]c2=O)C[C@H]1O[PH](=O)O. The lowest BCUT2D eigenvalue weighted by molar-refractivity contribution is -0.0184. The smallest absolute Gasteiger partial charge is 0.330 e. The first-order valence-corrected chi connectivity index (χ1v) is 7.55. The molecule has 1 aromatic rings. The van der Waals surface area contributed by atoms with Gasteiger partial charge < -0.3 is 14.2 Å². The number of hydrogen-bond donors (Lipinski definition) is 2. The van der Waals surface area contributed by atoms with Gasteiger partial charge in [0.05, 0.1) is 12.2 Å². The van der Waals surface area contributed by atoms with Crippen molar-refractivity contribution in [1.29, 1.82) is 0 Å². The minimum atomic E-state index is -3.06. The van der Waals surface area contributed by atoms with E-state index in [0.717, 1.165) is 0 Å². The van der Waals surface area contributed by atoms with Crippen molar-refractivity contribution < 1.29 is 18.7 Å². The number of nitrogens with zero attached hydrogens (tertiary/aromatic N) is 1. The Morgan fingerprint density at radius 3 is 2.90 bits per heavy atom. The average molecular weight is 304 g/mol. The zero-order chi connectivity index (χ0) is 14.9. The van der Waals surface area contributed by atoms with E-state index in [1.54, 1.807) is 6.92 Å². The predicted molar refractivity (Wildman–Crippen MR) is 71.0 cm³/mol. The summed E-state index contributed by atoms with van der Waals surface area (Å²) in [6, 6.07) is 0. The van der Waals surface area contributed by atoms with E-state index in [-0.39, 0.29) is 12.5 Å². The van der Waals surface area contributed by atoms with Crippen molar-refractivity contribution in [2.75, 3.05) is 0 Å². The van der Waals surface area contributed by atoms with E-state index in [9.17, 15) is 14.2 Å². The number of nitrogens with one attached hydrogen (secondary N) is 1. The topological polar surface area (TPSA) is 111 Å². The minimum Gasteiger partial charge on any atom is -0.352 e. The molecule has 2 N–H and O–H groups in total. The van der Waals surface area contributed by atoms with Gasteiger partial charge in [-0.15, -0.1) is 0 Å². The minimum absolute atomic E-state index is 0.279. The lowest BCUT2D eigenvalue weighted by Gasteiger charge is -2.15. The van der Waals surface area contributed by atoms with Gasteiger partial charge in [0.1, 0.15) is 6.23 Å². The van der Waals surface area contributed by atoms with Crippen LogP contribution in [0, 0.1) is 6.92 Å². The first-order chi connectivity index (χ1) is 9.42. The van der Waals surface area contributed by atoms with Crippen LogP contribution in [0.5, 0.6) is 0 Å². The van der Waals surface area contributed by atoms with Crippen LogP contribution in [0.1, 0.15) is 31.6 Å². The third-order valence-electron chi connectivity index (χ3n) is 3.29. The van der Waals surface area contributed by atoms with Crippen molar-refractivity contribution in [2.24, 2.45) is 0 Å². The van der Waals surface area contributed by atoms with Gasteiger partial charge in [-0.2, -0.15) is 0 Å². The highest BCUT2D eigenvalue weighted by Gasteiger charge is 2.37. The second-order valence-electron chi connectivity index (χ2n) is 4.67. The molecule has 0 amide bonds. The number of H-pyrrole nitrogens is 1. The molecule has 0 aromatic carbocycles. The summed E-state index contributed by atoms with van der Waals surface area (Å²) in [6.45, 7) is 3.44. The Labute approximate surface area is 115 Å². The van der Waals surface area contributed by atoms with Crippen molar-refractivity contribution in [1.82, 2.24) is 9.55 Å². The van der Waals surface area contributed by atoms with Crippen molar-refractivity contribution in [3.63, 3.8) is 0 Å². The van der Waals surface area contributed by atoms with Gasteiger partial charge >= 0.3 is 13.9 Å². The van der Waals surface area contributed by atoms with Crippen molar-refractivity contribution >= 4 is 8.25 Å². The van der Waals surface area contributed by atoms with E-state index in [4.69, 9.17) is 14.2 Å². The molecule has 1 aliphatic rings. The van der Waals surface area contributed by atoms with Gasteiger partial charge in [-0.25, -0.2) is 4.79 Å². The lowest BCUT2D eigenvalue weighted by Crippen LogP contribution is -2.33. The molecular formula is C11H17N2O6P. The summed E-state index contributed by atoms with van der Waals surface area (Å²) in [5.41, 5.74) is -0.622. The maximum atomic E-state index is 11.8. The van der Waals surface area contributed by atoms with E-state index in [1.165, 1.54) is 10.8 Å². The quantitative estimate of drug-likeness (QED) is 0.775. The molecule has 1 fully saturated rings. The first kappa shape index (κ1) is 15.2. The Morgan fingerprint density at radius 1 is 1.60 bits per heavy atom. The maximum Gasteiger partial charge on any atom is 0.330 e. The fraction of sp³-hybridized carbons (Fsp3) is 0.636.